The second kappa shape index (κ2) is 11.3. The summed E-state index contributed by atoms with van der Waals surface area (Å²) in [4.78, 5) is 43.6. The van der Waals surface area contributed by atoms with Crippen LogP contribution < -0.4 is 10.6 Å². The van der Waals surface area contributed by atoms with E-state index < -0.39 is 23.4 Å². The lowest BCUT2D eigenvalue weighted by atomic mass is 10.0. The van der Waals surface area contributed by atoms with Gasteiger partial charge >= 0.3 is 11.8 Å². The molecule has 1 aliphatic rings. The molecule has 40 heavy (non-hydrogen) atoms. The zero-order valence-electron chi connectivity index (χ0n) is 23.5. The largest absolute Gasteiger partial charge is 0.444 e. The van der Waals surface area contributed by atoms with Crippen LogP contribution in [0.3, 0.4) is 0 Å². The number of anilines is 1. The van der Waals surface area contributed by atoms with Gasteiger partial charge in [-0.1, -0.05) is 48.7 Å². The zero-order chi connectivity index (χ0) is 29.7. The number of aliphatic hydroxyl groups is 1. The van der Waals surface area contributed by atoms with E-state index in [2.05, 4.69) is 15.0 Å². The molecule has 1 amide bonds. The summed E-state index contributed by atoms with van der Waals surface area (Å²) in [6.07, 6.45) is 1.19. The van der Waals surface area contributed by atoms with Crippen molar-refractivity contribution in [3.05, 3.63) is 49.2 Å². The minimum absolute atomic E-state index is 0.0112. The molecule has 0 unspecified atom stereocenters. The van der Waals surface area contributed by atoms with Crippen LogP contribution in [-0.4, -0.2) is 73.0 Å². The number of piperazine rings is 1. The summed E-state index contributed by atoms with van der Waals surface area (Å²) >= 11 is 19.6. The van der Waals surface area contributed by atoms with Crippen molar-refractivity contribution in [3.8, 4) is 5.69 Å². The molecule has 4 rings (SSSR count). The Balaban J connectivity index is 1.95. The van der Waals surface area contributed by atoms with E-state index in [4.69, 9.17) is 39.5 Å². The number of aliphatic hydroxyl groups excluding tert-OH is 1. The Morgan fingerprint density at radius 3 is 2.45 bits per heavy atom. The van der Waals surface area contributed by atoms with Crippen molar-refractivity contribution in [1.82, 2.24) is 24.4 Å². The van der Waals surface area contributed by atoms with E-state index in [0.29, 0.717) is 16.8 Å². The lowest BCUT2D eigenvalue weighted by Crippen LogP contribution is -2.61. The second-order valence-corrected chi connectivity index (χ2v) is 12.4. The third kappa shape index (κ3) is 5.59. The van der Waals surface area contributed by atoms with Crippen LogP contribution in [-0.2, 0) is 4.74 Å². The molecule has 3 aromatic rings. The van der Waals surface area contributed by atoms with Crippen LogP contribution in [0.15, 0.2) is 17.1 Å². The van der Waals surface area contributed by atoms with Crippen molar-refractivity contribution in [2.75, 3.05) is 24.6 Å². The third-order valence-electron chi connectivity index (χ3n) is 6.73. The van der Waals surface area contributed by atoms with Crippen molar-refractivity contribution in [1.29, 1.82) is 0 Å². The lowest BCUT2D eigenvalue weighted by Gasteiger charge is -2.45. The highest BCUT2D eigenvalue weighted by atomic mass is 35.5. The monoisotopic (exact) mass is 610 g/mol. The van der Waals surface area contributed by atoms with Gasteiger partial charge in [0.25, 0.3) is 0 Å². The molecule has 1 N–H and O–H groups in total. The summed E-state index contributed by atoms with van der Waals surface area (Å²) in [5.74, 6) is 0.171. The number of hydrogen-bond acceptors (Lipinski definition) is 8. The molecule has 3 aromatic heterocycles. The van der Waals surface area contributed by atoms with Crippen LogP contribution >= 0.6 is 34.8 Å². The smallest absolute Gasteiger partial charge is 0.410 e. The van der Waals surface area contributed by atoms with Crippen molar-refractivity contribution in [3.63, 3.8) is 0 Å². The van der Waals surface area contributed by atoms with E-state index >= 15 is 0 Å². The first kappa shape index (κ1) is 30.3. The summed E-state index contributed by atoms with van der Waals surface area (Å²) in [5.41, 5.74) is 0.852. The van der Waals surface area contributed by atoms with Gasteiger partial charge in [-0.2, -0.15) is 4.98 Å². The van der Waals surface area contributed by atoms with Crippen molar-refractivity contribution in [2.24, 2.45) is 0 Å². The third-order valence-corrected chi connectivity index (χ3v) is 7.94. The fraction of sp³-hybridized carbons (Fsp3) is 0.519. The fourth-order valence-electron chi connectivity index (χ4n) is 4.87. The number of hydrogen-bond donors (Lipinski definition) is 1. The van der Waals surface area contributed by atoms with Crippen LogP contribution in [0, 0.1) is 6.92 Å². The van der Waals surface area contributed by atoms with E-state index in [0.717, 1.165) is 5.56 Å². The van der Waals surface area contributed by atoms with Gasteiger partial charge in [-0.15, -0.1) is 0 Å². The summed E-state index contributed by atoms with van der Waals surface area (Å²) < 4.78 is 6.93. The molecule has 4 heterocycles. The van der Waals surface area contributed by atoms with Crippen LogP contribution in [0.2, 0.25) is 15.2 Å². The van der Waals surface area contributed by atoms with Gasteiger partial charge in [0.2, 0.25) is 0 Å². The Kier molecular flexibility index (Phi) is 8.57. The molecule has 0 bridgehead atoms. The quantitative estimate of drug-likeness (QED) is 0.392. The zero-order valence-corrected chi connectivity index (χ0v) is 25.8. The molecular formula is C27H33Cl3N6O4. The molecule has 1 aliphatic heterocycles. The van der Waals surface area contributed by atoms with Gasteiger partial charge in [0.15, 0.2) is 10.8 Å². The van der Waals surface area contributed by atoms with Crippen molar-refractivity contribution >= 4 is 57.7 Å². The molecule has 1 saturated heterocycles. The first-order chi connectivity index (χ1) is 18.7. The number of amides is 1. The maximum absolute atomic E-state index is 13.8. The van der Waals surface area contributed by atoms with Crippen molar-refractivity contribution < 1.29 is 14.6 Å². The van der Waals surface area contributed by atoms with Crippen LogP contribution in [0.25, 0.3) is 16.7 Å². The van der Waals surface area contributed by atoms with Gasteiger partial charge in [-0.3, -0.25) is 4.98 Å². The van der Waals surface area contributed by atoms with E-state index in [1.54, 1.807) is 42.8 Å². The van der Waals surface area contributed by atoms with Gasteiger partial charge in [-0.05, 0) is 52.2 Å². The topological polar surface area (TPSA) is 114 Å². The first-order valence-electron chi connectivity index (χ1n) is 13.0. The molecule has 216 valence electrons. The number of halogens is 3. The number of carbonyl (C=O) groups excluding carboxylic acids is 1. The molecule has 10 nitrogen and oxygen atoms in total. The highest BCUT2D eigenvalue weighted by molar-refractivity contribution is 6.50. The number of aryl methyl sites for hydroxylation is 1. The number of carbonyl (C=O) groups is 1. The Morgan fingerprint density at radius 1 is 1.18 bits per heavy atom. The van der Waals surface area contributed by atoms with Gasteiger partial charge in [0.05, 0.1) is 39.5 Å². The van der Waals surface area contributed by atoms with Gasteiger partial charge < -0.3 is 19.6 Å². The van der Waals surface area contributed by atoms with Crippen molar-refractivity contribution in [2.45, 2.75) is 72.1 Å². The number of nitrogens with zero attached hydrogens (tertiary/aromatic N) is 6. The summed E-state index contributed by atoms with van der Waals surface area (Å²) in [7, 11) is 0. The molecule has 0 radical (unpaired) electrons. The highest BCUT2D eigenvalue weighted by Gasteiger charge is 2.38. The van der Waals surface area contributed by atoms with E-state index in [9.17, 15) is 14.7 Å². The SMILES string of the molecule is Cc1ccnc(C(C)C)c1-n1c(=O)nc(N2C[C@H](C)N(C(=O)OC(C)(C)C)C[C@@H]2CO)c2c(Cl)c(Cl)c(Cl)nc21. The molecule has 2 atom stereocenters. The highest BCUT2D eigenvalue weighted by Crippen LogP contribution is 2.40. The van der Waals surface area contributed by atoms with Gasteiger partial charge in [0, 0.05) is 25.3 Å². The number of rotatable bonds is 4. The van der Waals surface area contributed by atoms with E-state index in [1.807, 2.05) is 27.7 Å². The molecule has 13 heteroatoms. The Morgan fingerprint density at radius 2 is 1.85 bits per heavy atom. The average Bonchev–Trinajstić information content (AvgIpc) is 2.86. The standard InChI is InChI=1S/C27H33Cl3N6O4/c1-13(2)20-21(14(3)8-9-31-20)36-24-17(18(28)19(29)22(30)32-24)23(33-25(36)38)35-10-15(4)34(11-16(35)12-37)26(39)40-27(5,6)7/h8-9,13,15-16,37H,10-12H2,1-7H3/t15-,16+/m0/s1. The normalized spacial score (nSPS) is 18.1. The summed E-state index contributed by atoms with van der Waals surface area (Å²) in [5, 5.41) is 10.7. The summed E-state index contributed by atoms with van der Waals surface area (Å²) in [6, 6.07) is 0.831. The molecule has 0 spiro atoms. The first-order valence-corrected chi connectivity index (χ1v) is 14.1. The van der Waals surface area contributed by atoms with Crippen LogP contribution in [0.4, 0.5) is 10.6 Å². The van der Waals surface area contributed by atoms with Crippen LogP contribution in [0.5, 0.6) is 0 Å². The number of ether oxygens (including phenoxy) is 1. The van der Waals surface area contributed by atoms with E-state index in [1.165, 1.54) is 4.57 Å². The predicted octanol–water partition coefficient (Wildman–Crippen LogP) is 5.37. The van der Waals surface area contributed by atoms with E-state index in [-0.39, 0.29) is 58.3 Å². The number of fused-ring (bicyclic) bond motifs is 1. The minimum Gasteiger partial charge on any atom is -0.444 e. The molecule has 0 aromatic carbocycles. The molecular weight excluding hydrogens is 579 g/mol. The average molecular weight is 612 g/mol. The predicted molar refractivity (Wildman–Crippen MR) is 157 cm³/mol. The number of aromatic nitrogens is 4. The maximum atomic E-state index is 13.8. The molecule has 1 fully saturated rings. The Hall–Kier alpha value is -2.66. The Labute approximate surface area is 247 Å². The summed E-state index contributed by atoms with van der Waals surface area (Å²) in [6.45, 7) is 13.1. The van der Waals surface area contributed by atoms with Gasteiger partial charge in [-0.25, -0.2) is 19.1 Å². The fourth-order valence-corrected chi connectivity index (χ4v) is 5.48. The minimum atomic E-state index is -0.681. The number of pyridine rings is 2. The second-order valence-electron chi connectivity index (χ2n) is 11.3. The lowest BCUT2D eigenvalue weighted by molar-refractivity contribution is 0.0103. The molecule has 0 saturated carbocycles. The Bertz CT molecular complexity index is 1520. The maximum Gasteiger partial charge on any atom is 0.410 e. The van der Waals surface area contributed by atoms with Crippen LogP contribution in [0.1, 0.15) is 58.7 Å². The molecule has 0 aliphatic carbocycles. The van der Waals surface area contributed by atoms with Gasteiger partial charge in [0.1, 0.15) is 11.4 Å².